The number of rotatable bonds is 2. The van der Waals surface area contributed by atoms with Crippen molar-refractivity contribution in [2.45, 2.75) is 39.7 Å². The Morgan fingerprint density at radius 1 is 1.00 bits per heavy atom. The third-order valence-electron chi connectivity index (χ3n) is 6.28. The largest absolute Gasteiger partial charge is 0.508 e. The second kappa shape index (κ2) is 8.38. The van der Waals surface area contributed by atoms with E-state index in [1.54, 1.807) is 23.1 Å². The molecule has 4 rings (SSSR count). The van der Waals surface area contributed by atoms with Crippen LogP contribution in [0.25, 0.3) is 0 Å². The zero-order chi connectivity index (χ0) is 21.3. The van der Waals surface area contributed by atoms with Crippen LogP contribution < -0.4 is 5.32 Å². The number of nitrogens with zero attached hydrogens (tertiary/aromatic N) is 2. The number of carbonyl (C=O) groups is 2. The van der Waals surface area contributed by atoms with Gasteiger partial charge in [0.25, 0.3) is 5.91 Å². The SMILES string of the molecule is Cc1cc(C(=O)N2CCC(C)CC2)ccc1NC(=O)N1CCc2ccc(O)cc2C1. The molecule has 1 fully saturated rings. The van der Waals surface area contributed by atoms with Gasteiger partial charge in [0.15, 0.2) is 0 Å². The van der Waals surface area contributed by atoms with Crippen LogP contribution in [-0.2, 0) is 13.0 Å². The van der Waals surface area contributed by atoms with Crippen LogP contribution in [0.3, 0.4) is 0 Å². The molecule has 3 amide bonds. The van der Waals surface area contributed by atoms with Gasteiger partial charge in [-0.15, -0.1) is 0 Å². The van der Waals surface area contributed by atoms with Crippen molar-refractivity contribution in [1.29, 1.82) is 0 Å². The number of likely N-dealkylation sites (tertiary alicyclic amines) is 1. The lowest BCUT2D eigenvalue weighted by molar-refractivity contribution is 0.0697. The van der Waals surface area contributed by atoms with Gasteiger partial charge in [-0.05, 0) is 79.1 Å². The van der Waals surface area contributed by atoms with Gasteiger partial charge in [0.2, 0.25) is 0 Å². The molecule has 2 aromatic carbocycles. The van der Waals surface area contributed by atoms with E-state index >= 15 is 0 Å². The Morgan fingerprint density at radius 3 is 2.50 bits per heavy atom. The Bertz CT molecular complexity index is 964. The minimum Gasteiger partial charge on any atom is -0.508 e. The molecule has 2 aliphatic heterocycles. The van der Waals surface area contributed by atoms with E-state index in [-0.39, 0.29) is 17.7 Å². The average molecular weight is 408 g/mol. The second-order valence-electron chi connectivity index (χ2n) is 8.56. The second-order valence-corrected chi connectivity index (χ2v) is 8.56. The maximum Gasteiger partial charge on any atom is 0.322 e. The van der Waals surface area contributed by atoms with Crippen molar-refractivity contribution < 1.29 is 14.7 Å². The average Bonchev–Trinajstić information content (AvgIpc) is 2.74. The minimum atomic E-state index is -0.170. The number of aromatic hydroxyl groups is 1. The molecule has 30 heavy (non-hydrogen) atoms. The maximum absolute atomic E-state index is 12.8. The molecule has 1 saturated heterocycles. The lowest BCUT2D eigenvalue weighted by Gasteiger charge is -2.30. The Labute approximate surface area is 177 Å². The summed E-state index contributed by atoms with van der Waals surface area (Å²) in [7, 11) is 0. The highest BCUT2D eigenvalue weighted by molar-refractivity contribution is 5.96. The number of amides is 3. The predicted molar refractivity (Wildman–Crippen MR) is 117 cm³/mol. The van der Waals surface area contributed by atoms with Crippen LogP contribution in [-0.4, -0.2) is 46.5 Å². The summed E-state index contributed by atoms with van der Waals surface area (Å²) in [4.78, 5) is 29.3. The number of anilines is 1. The summed E-state index contributed by atoms with van der Waals surface area (Å²) in [6.07, 6.45) is 2.87. The molecule has 2 aliphatic rings. The number of piperidine rings is 1. The summed E-state index contributed by atoms with van der Waals surface area (Å²) in [5.74, 6) is 0.963. The van der Waals surface area contributed by atoms with Crippen molar-refractivity contribution in [1.82, 2.24) is 9.80 Å². The fourth-order valence-electron chi connectivity index (χ4n) is 4.24. The molecule has 2 aromatic rings. The Kier molecular flexibility index (Phi) is 5.66. The number of benzene rings is 2. The summed E-state index contributed by atoms with van der Waals surface area (Å²) < 4.78 is 0. The first-order valence-corrected chi connectivity index (χ1v) is 10.7. The number of phenolic OH excluding ortho intramolecular Hbond substituents is 1. The topological polar surface area (TPSA) is 72.9 Å². The molecule has 0 atom stereocenters. The normalized spacial score (nSPS) is 16.9. The summed E-state index contributed by atoms with van der Waals surface area (Å²) in [5, 5.41) is 12.7. The van der Waals surface area contributed by atoms with Crippen molar-refractivity contribution in [2.24, 2.45) is 5.92 Å². The fourth-order valence-corrected chi connectivity index (χ4v) is 4.24. The van der Waals surface area contributed by atoms with Crippen molar-refractivity contribution in [2.75, 3.05) is 25.0 Å². The van der Waals surface area contributed by atoms with E-state index in [9.17, 15) is 14.7 Å². The lowest BCUT2D eigenvalue weighted by Crippen LogP contribution is -2.39. The molecule has 0 bridgehead atoms. The molecule has 0 spiro atoms. The molecular formula is C24H29N3O3. The van der Waals surface area contributed by atoms with E-state index < -0.39 is 0 Å². The summed E-state index contributed by atoms with van der Waals surface area (Å²) in [5.41, 5.74) is 4.40. The zero-order valence-electron chi connectivity index (χ0n) is 17.6. The third-order valence-corrected chi connectivity index (χ3v) is 6.28. The van der Waals surface area contributed by atoms with Crippen molar-refractivity contribution in [3.8, 4) is 5.75 Å². The summed E-state index contributed by atoms with van der Waals surface area (Å²) in [6.45, 7) is 6.86. The molecule has 6 heteroatoms. The standard InChI is InChI=1S/C24H29N3O3/c1-16-7-10-26(11-8-16)23(29)19-4-6-22(17(2)13-19)25-24(30)27-12-9-18-3-5-21(28)14-20(18)15-27/h3-6,13-14,16,28H,7-12,15H2,1-2H3,(H,25,30). The Balaban J connectivity index is 1.41. The van der Waals surface area contributed by atoms with Crippen LogP contribution in [0.15, 0.2) is 36.4 Å². The molecule has 0 aliphatic carbocycles. The van der Waals surface area contributed by atoms with Gasteiger partial charge in [0, 0.05) is 37.4 Å². The number of phenols is 1. The quantitative estimate of drug-likeness (QED) is 0.785. The predicted octanol–water partition coefficient (Wildman–Crippen LogP) is 4.16. The number of carbonyl (C=O) groups excluding carboxylic acids is 2. The molecule has 2 N–H and O–H groups in total. The summed E-state index contributed by atoms with van der Waals surface area (Å²) >= 11 is 0. The highest BCUT2D eigenvalue weighted by Gasteiger charge is 2.23. The van der Waals surface area contributed by atoms with Crippen molar-refractivity contribution in [3.05, 3.63) is 58.7 Å². The van der Waals surface area contributed by atoms with E-state index in [0.717, 1.165) is 43.5 Å². The highest BCUT2D eigenvalue weighted by atomic mass is 16.3. The van der Waals surface area contributed by atoms with Crippen LogP contribution in [0.2, 0.25) is 0 Å². The number of hydrogen-bond donors (Lipinski definition) is 2. The van der Waals surface area contributed by atoms with Gasteiger partial charge in [-0.1, -0.05) is 13.0 Å². The smallest absolute Gasteiger partial charge is 0.322 e. The number of fused-ring (bicyclic) bond motifs is 1. The molecule has 158 valence electrons. The highest BCUT2D eigenvalue weighted by Crippen LogP contribution is 2.25. The van der Waals surface area contributed by atoms with E-state index in [0.29, 0.717) is 30.3 Å². The van der Waals surface area contributed by atoms with Crippen molar-refractivity contribution >= 4 is 17.6 Å². The molecule has 0 aromatic heterocycles. The van der Waals surface area contributed by atoms with Crippen LogP contribution in [0.1, 0.15) is 46.8 Å². The van der Waals surface area contributed by atoms with Gasteiger partial charge in [-0.2, -0.15) is 0 Å². The molecule has 0 unspecified atom stereocenters. The molecule has 0 radical (unpaired) electrons. The van der Waals surface area contributed by atoms with E-state index in [4.69, 9.17) is 0 Å². The monoisotopic (exact) mass is 407 g/mol. The molecule has 0 saturated carbocycles. The van der Waals surface area contributed by atoms with E-state index in [1.807, 2.05) is 30.0 Å². The van der Waals surface area contributed by atoms with Crippen LogP contribution in [0, 0.1) is 12.8 Å². The van der Waals surface area contributed by atoms with Gasteiger partial charge in [0.1, 0.15) is 5.75 Å². The van der Waals surface area contributed by atoms with Crippen LogP contribution in [0.4, 0.5) is 10.5 Å². The van der Waals surface area contributed by atoms with Crippen LogP contribution in [0.5, 0.6) is 5.75 Å². The third kappa shape index (κ3) is 4.27. The van der Waals surface area contributed by atoms with Gasteiger partial charge < -0.3 is 20.2 Å². The molecule has 2 heterocycles. The first-order valence-electron chi connectivity index (χ1n) is 10.7. The van der Waals surface area contributed by atoms with E-state index in [2.05, 4.69) is 12.2 Å². The molecule has 6 nitrogen and oxygen atoms in total. The summed E-state index contributed by atoms with van der Waals surface area (Å²) in [6, 6.07) is 10.6. The van der Waals surface area contributed by atoms with Crippen LogP contribution >= 0.6 is 0 Å². The fraction of sp³-hybridized carbons (Fsp3) is 0.417. The number of nitrogens with one attached hydrogen (secondary N) is 1. The zero-order valence-corrected chi connectivity index (χ0v) is 17.6. The Hall–Kier alpha value is -3.02. The van der Waals surface area contributed by atoms with Gasteiger partial charge >= 0.3 is 6.03 Å². The first-order chi connectivity index (χ1) is 14.4. The number of aryl methyl sites for hydroxylation is 1. The Morgan fingerprint density at radius 2 is 1.77 bits per heavy atom. The lowest BCUT2D eigenvalue weighted by atomic mass is 9.98. The number of hydrogen-bond acceptors (Lipinski definition) is 3. The first kappa shape index (κ1) is 20.3. The molecular weight excluding hydrogens is 378 g/mol. The minimum absolute atomic E-state index is 0.0651. The number of urea groups is 1. The van der Waals surface area contributed by atoms with E-state index in [1.165, 1.54) is 5.56 Å². The van der Waals surface area contributed by atoms with Gasteiger partial charge in [-0.3, -0.25) is 4.79 Å². The van der Waals surface area contributed by atoms with Gasteiger partial charge in [-0.25, -0.2) is 4.79 Å². The van der Waals surface area contributed by atoms with Gasteiger partial charge in [0.05, 0.1) is 0 Å². The maximum atomic E-state index is 12.8. The van der Waals surface area contributed by atoms with Crippen molar-refractivity contribution in [3.63, 3.8) is 0 Å².